The summed E-state index contributed by atoms with van der Waals surface area (Å²) in [6, 6.07) is 62.2. The summed E-state index contributed by atoms with van der Waals surface area (Å²) in [6.07, 6.45) is -6.49. The Morgan fingerprint density at radius 1 is 0.276 bits per heavy atom. The highest BCUT2D eigenvalue weighted by Gasteiger charge is 2.39. The topological polar surface area (TPSA) is 148 Å². The Morgan fingerprint density at radius 3 is 0.790 bits per heavy atom. The van der Waals surface area contributed by atoms with E-state index in [-0.39, 0.29) is 30.6 Å². The van der Waals surface area contributed by atoms with Gasteiger partial charge in [0.1, 0.15) is 34.8 Å². The summed E-state index contributed by atoms with van der Waals surface area (Å²) in [7, 11) is 0. The molecule has 14 rings (SSSR count). The quantitative estimate of drug-likeness (QED) is 0.0419. The molecule has 4 aliphatic rings. The number of ether oxygens (including phenoxy) is 2. The van der Waals surface area contributed by atoms with E-state index < -0.39 is 58.3 Å². The summed E-state index contributed by atoms with van der Waals surface area (Å²) in [5.41, 5.74) is 5.01. The van der Waals surface area contributed by atoms with E-state index in [2.05, 4.69) is 41.2 Å². The molecule has 12 nitrogen and oxygen atoms in total. The van der Waals surface area contributed by atoms with Gasteiger partial charge in [-0.15, -0.1) is 0 Å². The Hall–Kier alpha value is -13.1. The smallest absolute Gasteiger partial charge is 0.416 e. The van der Waals surface area contributed by atoms with E-state index in [4.69, 9.17) is 19.5 Å². The molecule has 0 unspecified atom stereocenters. The van der Waals surface area contributed by atoms with Crippen molar-refractivity contribution in [2.24, 2.45) is 20.0 Å². The maximum Gasteiger partial charge on any atom is 0.416 e. The summed E-state index contributed by atoms with van der Waals surface area (Å²) in [6.45, 7) is -0.157. The fourth-order valence-corrected chi connectivity index (χ4v) is 12.0. The van der Waals surface area contributed by atoms with E-state index in [0.29, 0.717) is 116 Å². The normalized spacial score (nSPS) is 16.2. The number of rotatable bonds is 16. The highest BCUT2D eigenvalue weighted by atomic mass is 19.4. The van der Waals surface area contributed by atoms with Crippen molar-refractivity contribution >= 4 is 68.4 Å². The molecule has 524 valence electrons. The minimum absolute atomic E-state index is 0.0252. The fourth-order valence-electron chi connectivity index (χ4n) is 12.0. The van der Waals surface area contributed by atoms with E-state index in [9.17, 15) is 52.7 Å². The zero-order valence-corrected chi connectivity index (χ0v) is 54.4. The number of halogens is 12. The number of allylic oxidation sites excluding steroid dienone is 4. The third kappa shape index (κ3) is 16.1. The molecule has 10 aromatic rings. The van der Waals surface area contributed by atoms with Gasteiger partial charge in [-0.3, -0.25) is 0 Å². The van der Waals surface area contributed by atoms with E-state index in [1.165, 1.54) is 12.2 Å². The Balaban J connectivity index is 0.656. The van der Waals surface area contributed by atoms with Crippen LogP contribution in [0.15, 0.2) is 322 Å². The van der Waals surface area contributed by atoms with Crippen LogP contribution in [0.4, 0.5) is 75.4 Å². The molecule has 0 atom stereocenters. The standard InChI is InChI=1S/C81H54F12N10O2/c82-78(83,84)52-39-53(79(85,86)87)42-58(41-52)96-72-37-33-68(102-72)76(50-19-9-3-10-20-50)64-29-27-62(98-64)74(48-15-5-1-6-16-48)66-31-35-70(100-66)94-56-23-13-25-60(45-56)104-47-105-61-26-14-24-57(46-61)95-71-36-32-67(101-71)75(49-17-7-2-8-18-49)63-28-30-65(99-63)77(51-21-11-4-12-22-51)69-34-38-73(103-69)97-59-43-54(80(88,89)90)40-55(44-59)81(91,92)93/h1-46,98-99H,47H2,(H,94,100)(H,95,101)(H,96,102)(H,97,103). The molecular weight excluding hydrogens is 1370 g/mol. The number of nitrogens with one attached hydrogen (secondary N) is 6. The minimum Gasteiger partial charge on any atom is -0.457 e. The van der Waals surface area contributed by atoms with Crippen molar-refractivity contribution in [3.63, 3.8) is 0 Å². The van der Waals surface area contributed by atoms with Crippen LogP contribution in [0.5, 0.6) is 11.5 Å². The van der Waals surface area contributed by atoms with Crippen LogP contribution in [-0.4, -0.2) is 40.1 Å². The van der Waals surface area contributed by atoms with Crippen LogP contribution in [0.2, 0.25) is 0 Å². The van der Waals surface area contributed by atoms with Crippen molar-refractivity contribution in [3.8, 4) is 11.5 Å². The molecule has 0 saturated heterocycles. The first-order valence-corrected chi connectivity index (χ1v) is 32.3. The lowest BCUT2D eigenvalue weighted by Crippen LogP contribution is -2.14. The first kappa shape index (κ1) is 69.0. The number of aliphatic imine (C=N–C) groups is 4. The number of anilines is 4. The molecule has 0 aliphatic carbocycles. The van der Waals surface area contributed by atoms with Gasteiger partial charge in [0.25, 0.3) is 0 Å². The van der Waals surface area contributed by atoms with Gasteiger partial charge in [0.05, 0.1) is 45.0 Å². The molecule has 0 bridgehead atoms. The van der Waals surface area contributed by atoms with Gasteiger partial charge in [-0.2, -0.15) is 52.7 Å². The third-order valence-electron chi connectivity index (χ3n) is 16.7. The number of aromatic nitrogens is 2. The average Bonchev–Trinajstić information content (AvgIpc) is 1.63. The molecule has 4 aliphatic heterocycles. The molecule has 8 aromatic carbocycles. The number of aromatic amines is 2. The second-order valence-corrected chi connectivity index (χ2v) is 23.9. The second-order valence-electron chi connectivity index (χ2n) is 23.9. The van der Waals surface area contributed by atoms with Crippen molar-refractivity contribution in [1.29, 1.82) is 0 Å². The zero-order chi connectivity index (χ0) is 73.0. The van der Waals surface area contributed by atoms with Crippen molar-refractivity contribution in [1.82, 2.24) is 9.97 Å². The van der Waals surface area contributed by atoms with Gasteiger partial charge in [-0.05, 0) is 156 Å². The molecule has 6 heterocycles. The van der Waals surface area contributed by atoms with Crippen LogP contribution < -0.4 is 30.7 Å². The van der Waals surface area contributed by atoms with Crippen LogP contribution in [0.1, 0.15) is 67.3 Å². The number of alkyl halides is 12. The van der Waals surface area contributed by atoms with Crippen molar-refractivity contribution in [2.75, 3.05) is 28.1 Å². The van der Waals surface area contributed by atoms with Crippen LogP contribution in [0, 0.1) is 0 Å². The molecule has 0 amide bonds. The molecule has 0 spiro atoms. The van der Waals surface area contributed by atoms with Gasteiger partial charge in [0.2, 0.25) is 6.79 Å². The minimum atomic E-state index is -5.04. The predicted octanol–water partition coefficient (Wildman–Crippen LogP) is 21.2. The van der Waals surface area contributed by atoms with Crippen LogP contribution >= 0.6 is 0 Å². The number of H-pyrrole nitrogens is 2. The van der Waals surface area contributed by atoms with Crippen molar-refractivity contribution < 1.29 is 62.2 Å². The van der Waals surface area contributed by atoms with Crippen molar-refractivity contribution in [2.45, 2.75) is 24.7 Å². The molecule has 0 fully saturated rings. The highest BCUT2D eigenvalue weighted by molar-refractivity contribution is 6.11. The van der Waals surface area contributed by atoms with Gasteiger partial charge in [0, 0.05) is 80.0 Å². The third-order valence-corrected chi connectivity index (χ3v) is 16.7. The average molecular weight is 1430 g/mol. The lowest BCUT2D eigenvalue weighted by atomic mass is 10.0. The first-order chi connectivity index (χ1) is 50.5. The number of hydrogen-bond acceptors (Lipinski definition) is 10. The Bertz CT molecular complexity index is 4980. The van der Waals surface area contributed by atoms with Gasteiger partial charge < -0.3 is 40.7 Å². The van der Waals surface area contributed by atoms with Crippen LogP contribution in [-0.2, 0) is 24.7 Å². The predicted molar refractivity (Wildman–Crippen MR) is 384 cm³/mol. The van der Waals surface area contributed by atoms with Gasteiger partial charge in [-0.1, -0.05) is 133 Å². The SMILES string of the molecule is FC(F)(F)c1cc(NC2=NC(=C(c3ccccc3)c3ccc(C(=C4C=CC(Nc5cccc(OCOc6cccc(NC7=NC(=C(c8ccccc8)c8ccc(C(=C9C=CC(Nc%10cc(C(F)(F)F)cc(C(F)(F)F)c%10)=N9)c9ccccc9)[nH]8)C=C7)c6)c5)=N4)c4ccccc4)[nH]3)C=C2)cc(C(F)(F)F)c1. The largest absolute Gasteiger partial charge is 0.457 e. The first-order valence-electron chi connectivity index (χ1n) is 32.3. The van der Waals surface area contributed by atoms with Gasteiger partial charge >= 0.3 is 24.7 Å². The Kier molecular flexibility index (Phi) is 18.9. The molecule has 0 saturated carbocycles. The Morgan fingerprint density at radius 2 is 0.533 bits per heavy atom. The second kappa shape index (κ2) is 28.7. The van der Waals surface area contributed by atoms with E-state index >= 15 is 0 Å². The summed E-state index contributed by atoms with van der Waals surface area (Å²) >= 11 is 0. The van der Waals surface area contributed by atoms with Crippen LogP contribution in [0.3, 0.4) is 0 Å². The molecule has 0 radical (unpaired) electrons. The molecular formula is C81H54F12N10O2. The lowest BCUT2D eigenvalue weighted by Gasteiger charge is -2.15. The maximum absolute atomic E-state index is 13.8. The van der Waals surface area contributed by atoms with Crippen molar-refractivity contribution in [3.05, 3.63) is 369 Å². The van der Waals surface area contributed by atoms with E-state index in [1.807, 2.05) is 194 Å². The number of amidine groups is 4. The molecule has 105 heavy (non-hydrogen) atoms. The monoisotopic (exact) mass is 1430 g/mol. The summed E-state index contributed by atoms with van der Waals surface area (Å²) in [4.78, 5) is 26.4. The number of hydrogen-bond donors (Lipinski definition) is 6. The fraction of sp³-hybridized carbons (Fsp3) is 0.0617. The Labute approximate surface area is 591 Å². The molecule has 24 heteroatoms. The highest BCUT2D eigenvalue weighted by Crippen LogP contribution is 2.42. The van der Waals surface area contributed by atoms with E-state index in [0.717, 1.165) is 33.4 Å². The van der Waals surface area contributed by atoms with Gasteiger partial charge in [0.15, 0.2) is 0 Å². The lowest BCUT2D eigenvalue weighted by molar-refractivity contribution is -0.144. The van der Waals surface area contributed by atoms with Gasteiger partial charge in [-0.25, -0.2) is 20.0 Å². The molecule has 2 aromatic heterocycles. The number of benzene rings is 8. The number of nitrogens with zero attached hydrogens (tertiary/aromatic N) is 4. The summed E-state index contributed by atoms with van der Waals surface area (Å²) < 4.78 is 177. The zero-order valence-electron chi connectivity index (χ0n) is 54.4. The van der Waals surface area contributed by atoms with E-state index in [1.54, 1.807) is 36.4 Å². The summed E-state index contributed by atoms with van der Waals surface area (Å²) in [5.74, 6) is 2.09. The molecule has 6 N–H and O–H groups in total. The maximum atomic E-state index is 13.8. The van der Waals surface area contributed by atoms with Crippen LogP contribution in [0.25, 0.3) is 22.3 Å². The summed E-state index contributed by atoms with van der Waals surface area (Å²) in [5, 5.41) is 12.0.